The normalized spacial score (nSPS) is 10.6. The number of aromatic nitrogens is 1. The fraction of sp³-hybridized carbons (Fsp3) is 0.200. The van der Waals surface area contributed by atoms with Gasteiger partial charge in [-0.3, -0.25) is 4.79 Å². The summed E-state index contributed by atoms with van der Waals surface area (Å²) in [6, 6.07) is 17.5. The molecule has 0 aliphatic carbocycles. The molecule has 4 heteroatoms. The summed E-state index contributed by atoms with van der Waals surface area (Å²) in [6.45, 7) is 3.98. The second-order valence-electron chi connectivity index (χ2n) is 5.67. The molecule has 1 amide bonds. The van der Waals surface area contributed by atoms with Crippen molar-refractivity contribution in [1.29, 1.82) is 0 Å². The highest BCUT2D eigenvalue weighted by atomic mass is 16.5. The minimum atomic E-state index is -0.191. The van der Waals surface area contributed by atoms with E-state index in [4.69, 9.17) is 4.74 Å². The maximum absolute atomic E-state index is 12.1. The van der Waals surface area contributed by atoms with Crippen LogP contribution in [0, 0.1) is 6.92 Å². The maximum atomic E-state index is 12.1. The van der Waals surface area contributed by atoms with E-state index in [1.54, 1.807) is 0 Å². The lowest BCUT2D eigenvalue weighted by atomic mass is 10.1. The van der Waals surface area contributed by atoms with Gasteiger partial charge in [0.2, 0.25) is 0 Å². The Morgan fingerprint density at radius 3 is 2.62 bits per heavy atom. The molecule has 24 heavy (non-hydrogen) atoms. The van der Waals surface area contributed by atoms with Gasteiger partial charge in [0.25, 0.3) is 5.91 Å². The van der Waals surface area contributed by atoms with Crippen molar-refractivity contribution in [2.45, 2.75) is 20.3 Å². The van der Waals surface area contributed by atoms with Crippen LogP contribution in [-0.4, -0.2) is 17.5 Å². The minimum absolute atomic E-state index is 0.0513. The van der Waals surface area contributed by atoms with Crippen molar-refractivity contribution in [3.63, 3.8) is 0 Å². The van der Waals surface area contributed by atoms with Crippen LogP contribution in [0.5, 0.6) is 5.75 Å². The number of aryl methyl sites for hydroxylation is 2. The average Bonchev–Trinajstić information content (AvgIpc) is 2.60. The second kappa shape index (κ2) is 7.13. The Labute approximate surface area is 141 Å². The van der Waals surface area contributed by atoms with Crippen molar-refractivity contribution in [3.8, 4) is 5.75 Å². The summed E-state index contributed by atoms with van der Waals surface area (Å²) < 4.78 is 5.68. The molecular formula is C20H20N2O2. The molecule has 3 aromatic rings. The van der Waals surface area contributed by atoms with Gasteiger partial charge < -0.3 is 10.1 Å². The monoisotopic (exact) mass is 320 g/mol. The van der Waals surface area contributed by atoms with E-state index in [1.165, 1.54) is 5.56 Å². The molecule has 1 N–H and O–H groups in total. The SMILES string of the molecule is CCc1ccc(NC(=O)COc2cccc3ccc(C)nc23)cc1. The van der Waals surface area contributed by atoms with Crippen molar-refractivity contribution in [2.24, 2.45) is 0 Å². The molecule has 0 saturated heterocycles. The lowest BCUT2D eigenvalue weighted by Crippen LogP contribution is -2.20. The number of nitrogens with zero attached hydrogens (tertiary/aromatic N) is 1. The molecule has 1 heterocycles. The number of ether oxygens (including phenoxy) is 1. The molecule has 1 aromatic heterocycles. The molecule has 0 aliphatic heterocycles. The highest BCUT2D eigenvalue weighted by Gasteiger charge is 2.07. The van der Waals surface area contributed by atoms with Gasteiger partial charge in [-0.05, 0) is 43.2 Å². The Hall–Kier alpha value is -2.88. The summed E-state index contributed by atoms with van der Waals surface area (Å²) >= 11 is 0. The molecule has 0 aliphatic rings. The summed E-state index contributed by atoms with van der Waals surface area (Å²) in [5.41, 5.74) is 3.70. The van der Waals surface area contributed by atoms with Crippen LogP contribution in [-0.2, 0) is 11.2 Å². The molecular weight excluding hydrogens is 300 g/mol. The number of hydrogen-bond donors (Lipinski definition) is 1. The molecule has 0 radical (unpaired) electrons. The number of carbonyl (C=O) groups is 1. The average molecular weight is 320 g/mol. The summed E-state index contributed by atoms with van der Waals surface area (Å²) in [7, 11) is 0. The number of anilines is 1. The van der Waals surface area contributed by atoms with Crippen molar-refractivity contribution < 1.29 is 9.53 Å². The number of nitrogens with one attached hydrogen (secondary N) is 1. The highest BCUT2D eigenvalue weighted by molar-refractivity contribution is 5.92. The van der Waals surface area contributed by atoms with Gasteiger partial charge in [0.15, 0.2) is 6.61 Å². The summed E-state index contributed by atoms with van der Waals surface area (Å²) in [6.07, 6.45) is 0.977. The number of amides is 1. The lowest BCUT2D eigenvalue weighted by Gasteiger charge is -2.10. The molecule has 0 bridgehead atoms. The van der Waals surface area contributed by atoms with E-state index in [-0.39, 0.29) is 12.5 Å². The van der Waals surface area contributed by atoms with Crippen LogP contribution in [0.25, 0.3) is 10.9 Å². The number of rotatable bonds is 5. The van der Waals surface area contributed by atoms with Crippen LogP contribution in [0.3, 0.4) is 0 Å². The molecule has 122 valence electrons. The van der Waals surface area contributed by atoms with E-state index in [1.807, 2.05) is 61.5 Å². The van der Waals surface area contributed by atoms with Crippen molar-refractivity contribution >= 4 is 22.5 Å². The lowest BCUT2D eigenvalue weighted by molar-refractivity contribution is -0.118. The smallest absolute Gasteiger partial charge is 0.262 e. The van der Waals surface area contributed by atoms with Crippen molar-refractivity contribution in [2.75, 3.05) is 11.9 Å². The zero-order valence-corrected chi connectivity index (χ0v) is 13.9. The van der Waals surface area contributed by atoms with E-state index in [2.05, 4.69) is 17.2 Å². The third-order valence-electron chi connectivity index (χ3n) is 3.83. The van der Waals surface area contributed by atoms with E-state index in [0.717, 1.165) is 28.7 Å². The third-order valence-corrected chi connectivity index (χ3v) is 3.83. The topological polar surface area (TPSA) is 51.2 Å². The zero-order chi connectivity index (χ0) is 16.9. The van der Waals surface area contributed by atoms with Crippen LogP contribution in [0.4, 0.5) is 5.69 Å². The van der Waals surface area contributed by atoms with Crippen molar-refractivity contribution in [3.05, 3.63) is 65.9 Å². The Bertz CT molecular complexity index is 857. The minimum Gasteiger partial charge on any atom is -0.481 e. The fourth-order valence-electron chi connectivity index (χ4n) is 2.50. The van der Waals surface area contributed by atoms with Gasteiger partial charge in [-0.1, -0.05) is 37.3 Å². The highest BCUT2D eigenvalue weighted by Crippen LogP contribution is 2.23. The summed E-state index contributed by atoms with van der Waals surface area (Å²) in [5.74, 6) is 0.427. The molecule has 0 atom stereocenters. The van der Waals surface area contributed by atoms with Gasteiger partial charge in [0.1, 0.15) is 11.3 Å². The number of benzene rings is 2. The molecule has 0 saturated carbocycles. The number of pyridine rings is 1. The Kier molecular flexibility index (Phi) is 4.75. The first-order chi connectivity index (χ1) is 11.7. The Morgan fingerprint density at radius 1 is 1.08 bits per heavy atom. The third kappa shape index (κ3) is 3.71. The number of carbonyl (C=O) groups excluding carboxylic acids is 1. The fourth-order valence-corrected chi connectivity index (χ4v) is 2.50. The first kappa shape index (κ1) is 16.0. The number of para-hydroxylation sites is 1. The predicted molar refractivity (Wildman–Crippen MR) is 96.4 cm³/mol. The van der Waals surface area contributed by atoms with Crippen LogP contribution in [0.1, 0.15) is 18.2 Å². The molecule has 0 unspecified atom stereocenters. The summed E-state index contributed by atoms with van der Waals surface area (Å²) in [5, 5.41) is 3.83. The van der Waals surface area contributed by atoms with Gasteiger partial charge in [0, 0.05) is 16.8 Å². The first-order valence-corrected chi connectivity index (χ1v) is 8.03. The largest absolute Gasteiger partial charge is 0.481 e. The molecule has 4 nitrogen and oxygen atoms in total. The number of fused-ring (bicyclic) bond motifs is 1. The molecule has 2 aromatic carbocycles. The van der Waals surface area contributed by atoms with Crippen molar-refractivity contribution in [1.82, 2.24) is 4.98 Å². The quantitative estimate of drug-likeness (QED) is 0.769. The van der Waals surface area contributed by atoms with Crippen LogP contribution in [0.2, 0.25) is 0 Å². The molecule has 3 rings (SSSR count). The summed E-state index contributed by atoms with van der Waals surface area (Å²) in [4.78, 5) is 16.6. The van der Waals surface area contributed by atoms with Crippen LogP contribution < -0.4 is 10.1 Å². The van der Waals surface area contributed by atoms with Gasteiger partial charge in [-0.2, -0.15) is 0 Å². The van der Waals surface area contributed by atoms with E-state index in [9.17, 15) is 4.79 Å². The Morgan fingerprint density at radius 2 is 1.88 bits per heavy atom. The van der Waals surface area contributed by atoms with Gasteiger partial charge >= 0.3 is 0 Å². The zero-order valence-electron chi connectivity index (χ0n) is 13.9. The predicted octanol–water partition coefficient (Wildman–Crippen LogP) is 4.12. The van der Waals surface area contributed by atoms with Crippen LogP contribution in [0.15, 0.2) is 54.6 Å². The van der Waals surface area contributed by atoms with Gasteiger partial charge in [0.05, 0.1) is 0 Å². The second-order valence-corrected chi connectivity index (χ2v) is 5.67. The Balaban J connectivity index is 1.66. The number of hydrogen-bond acceptors (Lipinski definition) is 3. The van der Waals surface area contributed by atoms with E-state index < -0.39 is 0 Å². The maximum Gasteiger partial charge on any atom is 0.262 e. The van der Waals surface area contributed by atoms with Crippen LogP contribution >= 0.6 is 0 Å². The van der Waals surface area contributed by atoms with E-state index in [0.29, 0.717) is 5.75 Å². The van der Waals surface area contributed by atoms with Gasteiger partial charge in [-0.15, -0.1) is 0 Å². The molecule has 0 spiro atoms. The standard InChI is InChI=1S/C20H20N2O2/c1-3-15-8-11-17(12-9-15)22-19(23)13-24-18-6-4-5-16-10-7-14(2)21-20(16)18/h4-12H,3,13H2,1-2H3,(H,22,23). The first-order valence-electron chi connectivity index (χ1n) is 8.03. The molecule has 0 fully saturated rings. The van der Waals surface area contributed by atoms with Gasteiger partial charge in [-0.25, -0.2) is 4.98 Å². The van der Waals surface area contributed by atoms with E-state index >= 15 is 0 Å².